The number of hydrogen-bond acceptors (Lipinski definition) is 8. The molecular formula is C31H36ClN7O3. The number of piperidine rings is 1. The molecular weight excluding hydrogens is 554 g/mol. The molecule has 4 heterocycles. The average Bonchev–Trinajstić information content (AvgIpc) is 3.24. The van der Waals surface area contributed by atoms with Crippen LogP contribution >= 0.6 is 11.6 Å². The van der Waals surface area contributed by atoms with E-state index in [9.17, 15) is 9.90 Å². The number of benzene rings is 2. The molecule has 6 rings (SSSR count). The molecule has 10 nitrogen and oxygen atoms in total. The molecule has 4 aromatic rings. The molecule has 1 amide bonds. The summed E-state index contributed by atoms with van der Waals surface area (Å²) in [7, 11) is 4.02. The van der Waals surface area contributed by atoms with Crippen molar-refractivity contribution in [3.8, 4) is 0 Å². The first-order chi connectivity index (χ1) is 20.3. The highest BCUT2D eigenvalue weighted by molar-refractivity contribution is 6.30. The Hall–Kier alpha value is -3.70. The number of aliphatic hydroxyl groups is 1. The second-order valence-electron chi connectivity index (χ2n) is 11.3. The Morgan fingerprint density at radius 3 is 2.52 bits per heavy atom. The van der Waals surface area contributed by atoms with E-state index in [0.29, 0.717) is 68.8 Å². The van der Waals surface area contributed by atoms with Crippen LogP contribution in [0.1, 0.15) is 28.8 Å². The van der Waals surface area contributed by atoms with E-state index < -0.39 is 5.60 Å². The van der Waals surface area contributed by atoms with Gasteiger partial charge in [-0.2, -0.15) is 4.98 Å². The lowest BCUT2D eigenvalue weighted by Crippen LogP contribution is -2.43. The molecule has 0 saturated carbocycles. The first kappa shape index (κ1) is 28.4. The molecule has 2 aliphatic heterocycles. The van der Waals surface area contributed by atoms with Crippen molar-refractivity contribution in [3.05, 3.63) is 83.0 Å². The third kappa shape index (κ3) is 5.94. The number of amides is 1. The Bertz CT molecular complexity index is 1530. The maximum absolute atomic E-state index is 13.2. The summed E-state index contributed by atoms with van der Waals surface area (Å²) < 4.78 is 7.46. The standard InChI is InChI=1S/C31H36ClN7O3/c1-36(2)26-20-38(18-19-42-21-26)29(40)22-5-11-25(12-6-22)33-30-34-28-27(4-3-15-39(28)35-30)37-16-13-31(41,14-17-37)23-7-9-24(32)10-8-23/h3-12,15,26,41H,13-14,16-21H2,1-2H3,(H,33,35). The summed E-state index contributed by atoms with van der Waals surface area (Å²) in [4.78, 5) is 24.2. The smallest absolute Gasteiger partial charge is 0.253 e. The zero-order valence-corrected chi connectivity index (χ0v) is 24.7. The molecule has 0 spiro atoms. The Labute approximate surface area is 250 Å². The van der Waals surface area contributed by atoms with E-state index in [1.165, 1.54) is 0 Å². The summed E-state index contributed by atoms with van der Waals surface area (Å²) >= 11 is 6.04. The lowest BCUT2D eigenvalue weighted by Gasteiger charge is -2.39. The molecule has 2 N–H and O–H groups in total. The van der Waals surface area contributed by atoms with Gasteiger partial charge in [-0.05, 0) is 81.0 Å². The van der Waals surface area contributed by atoms with Crippen LogP contribution in [0.3, 0.4) is 0 Å². The van der Waals surface area contributed by atoms with E-state index in [4.69, 9.17) is 21.3 Å². The fraction of sp³-hybridized carbons (Fsp3) is 0.387. The number of nitrogens with zero attached hydrogens (tertiary/aromatic N) is 6. The van der Waals surface area contributed by atoms with Crippen LogP contribution in [-0.4, -0.2) is 94.9 Å². The molecule has 2 aromatic carbocycles. The van der Waals surface area contributed by atoms with E-state index >= 15 is 0 Å². The Balaban J connectivity index is 1.13. The predicted octanol–water partition coefficient (Wildman–Crippen LogP) is 4.02. The van der Waals surface area contributed by atoms with Gasteiger partial charge in [0.15, 0.2) is 5.65 Å². The summed E-state index contributed by atoms with van der Waals surface area (Å²) in [5, 5.41) is 19.9. The summed E-state index contributed by atoms with van der Waals surface area (Å²) in [5.41, 5.74) is 3.14. The van der Waals surface area contributed by atoms with E-state index in [-0.39, 0.29) is 11.9 Å². The van der Waals surface area contributed by atoms with Crippen molar-refractivity contribution >= 4 is 40.5 Å². The third-order valence-corrected chi connectivity index (χ3v) is 8.56. The topological polar surface area (TPSA) is 98.5 Å². The molecule has 1 unspecified atom stereocenters. The molecule has 2 aliphatic rings. The predicted molar refractivity (Wildman–Crippen MR) is 164 cm³/mol. The van der Waals surface area contributed by atoms with Crippen LogP contribution in [0.15, 0.2) is 66.9 Å². The van der Waals surface area contributed by atoms with Crippen molar-refractivity contribution in [2.45, 2.75) is 24.5 Å². The number of hydrogen-bond donors (Lipinski definition) is 2. The maximum atomic E-state index is 13.2. The van der Waals surface area contributed by atoms with Crippen molar-refractivity contribution in [3.63, 3.8) is 0 Å². The highest BCUT2D eigenvalue weighted by atomic mass is 35.5. The fourth-order valence-corrected chi connectivity index (χ4v) is 5.78. The number of likely N-dealkylation sites (N-methyl/N-ethyl adjacent to an activating group) is 1. The van der Waals surface area contributed by atoms with Crippen molar-refractivity contribution in [2.75, 3.05) is 63.7 Å². The van der Waals surface area contributed by atoms with Gasteiger partial charge in [0, 0.05) is 48.6 Å². The van der Waals surface area contributed by atoms with Gasteiger partial charge in [-0.15, -0.1) is 5.10 Å². The van der Waals surface area contributed by atoms with Gasteiger partial charge in [0.1, 0.15) is 0 Å². The minimum atomic E-state index is -0.880. The number of anilines is 3. The van der Waals surface area contributed by atoms with Crippen molar-refractivity contribution < 1.29 is 14.6 Å². The normalized spacial score (nSPS) is 19.2. The second kappa shape index (κ2) is 11.9. The van der Waals surface area contributed by atoms with Gasteiger partial charge < -0.3 is 29.9 Å². The van der Waals surface area contributed by atoms with Gasteiger partial charge in [0.05, 0.1) is 30.5 Å². The number of rotatable bonds is 6. The van der Waals surface area contributed by atoms with Gasteiger partial charge in [0.25, 0.3) is 5.91 Å². The van der Waals surface area contributed by atoms with Gasteiger partial charge in [-0.1, -0.05) is 23.7 Å². The number of fused-ring (bicyclic) bond motifs is 1. The van der Waals surface area contributed by atoms with Crippen molar-refractivity contribution in [1.29, 1.82) is 0 Å². The first-order valence-electron chi connectivity index (χ1n) is 14.3. The van der Waals surface area contributed by atoms with Crippen LogP contribution in [0.4, 0.5) is 17.3 Å². The van der Waals surface area contributed by atoms with Crippen LogP contribution in [0, 0.1) is 0 Å². The number of aromatic nitrogens is 3. The van der Waals surface area contributed by atoms with Crippen LogP contribution in [0.5, 0.6) is 0 Å². The van der Waals surface area contributed by atoms with Gasteiger partial charge in [0.2, 0.25) is 5.95 Å². The van der Waals surface area contributed by atoms with Crippen molar-refractivity contribution in [2.24, 2.45) is 0 Å². The van der Waals surface area contributed by atoms with E-state index in [2.05, 4.69) is 20.2 Å². The molecule has 0 aliphatic carbocycles. The molecule has 1 atom stereocenters. The zero-order chi connectivity index (χ0) is 29.3. The Kier molecular flexibility index (Phi) is 8.04. The maximum Gasteiger partial charge on any atom is 0.253 e. The number of halogens is 1. The minimum Gasteiger partial charge on any atom is -0.385 e. The number of pyridine rings is 1. The van der Waals surface area contributed by atoms with E-state index in [1.807, 2.05) is 85.9 Å². The Morgan fingerprint density at radius 1 is 1.07 bits per heavy atom. The molecule has 2 aromatic heterocycles. The number of carbonyl (C=O) groups excluding carboxylic acids is 1. The third-order valence-electron chi connectivity index (χ3n) is 8.31. The summed E-state index contributed by atoms with van der Waals surface area (Å²) in [6.07, 6.45) is 3.07. The van der Waals surface area contributed by atoms with Crippen LogP contribution < -0.4 is 10.2 Å². The first-order valence-corrected chi connectivity index (χ1v) is 14.7. The SMILES string of the molecule is CN(C)C1COCCN(C(=O)c2ccc(Nc3nc4c(N5CCC(O)(c6ccc(Cl)cc6)CC5)cccn4n3)cc2)C1. The highest BCUT2D eigenvalue weighted by Gasteiger charge is 2.34. The number of nitrogens with one attached hydrogen (secondary N) is 1. The van der Waals surface area contributed by atoms with Gasteiger partial charge in [-0.3, -0.25) is 4.79 Å². The number of carbonyl (C=O) groups is 1. The minimum absolute atomic E-state index is 0.00103. The molecule has 2 saturated heterocycles. The molecule has 220 valence electrons. The summed E-state index contributed by atoms with van der Waals surface area (Å²) in [6, 6.07) is 19.0. The lowest BCUT2D eigenvalue weighted by atomic mass is 9.84. The Morgan fingerprint density at radius 2 is 1.81 bits per heavy atom. The molecule has 42 heavy (non-hydrogen) atoms. The fourth-order valence-electron chi connectivity index (χ4n) is 5.66. The summed E-state index contributed by atoms with van der Waals surface area (Å²) in [6.45, 7) is 3.74. The van der Waals surface area contributed by atoms with E-state index in [1.54, 1.807) is 4.52 Å². The van der Waals surface area contributed by atoms with Gasteiger partial charge >= 0.3 is 0 Å². The monoisotopic (exact) mass is 589 g/mol. The molecule has 2 fully saturated rings. The molecule has 11 heteroatoms. The lowest BCUT2D eigenvalue weighted by molar-refractivity contribution is 0.0118. The van der Waals surface area contributed by atoms with E-state index in [0.717, 1.165) is 22.6 Å². The largest absolute Gasteiger partial charge is 0.385 e. The zero-order valence-electron chi connectivity index (χ0n) is 23.9. The highest BCUT2D eigenvalue weighted by Crippen LogP contribution is 2.36. The molecule has 0 bridgehead atoms. The van der Waals surface area contributed by atoms with Crippen LogP contribution in [0.25, 0.3) is 5.65 Å². The summed E-state index contributed by atoms with van der Waals surface area (Å²) in [5.74, 6) is 0.466. The van der Waals surface area contributed by atoms with Gasteiger partial charge in [-0.25, -0.2) is 4.52 Å². The average molecular weight is 590 g/mol. The quantitative estimate of drug-likeness (QED) is 0.348. The number of ether oxygens (including phenoxy) is 1. The van der Waals surface area contributed by atoms with Crippen LogP contribution in [0.2, 0.25) is 5.02 Å². The van der Waals surface area contributed by atoms with Crippen molar-refractivity contribution in [1.82, 2.24) is 24.4 Å². The van der Waals surface area contributed by atoms with Crippen LogP contribution in [-0.2, 0) is 10.3 Å². The molecule has 0 radical (unpaired) electrons. The second-order valence-corrected chi connectivity index (χ2v) is 11.7.